The molecule has 0 saturated heterocycles. The lowest BCUT2D eigenvalue weighted by molar-refractivity contribution is 0.0925. The van der Waals surface area contributed by atoms with Crippen LogP contribution in [0.3, 0.4) is 0 Å². The van der Waals surface area contributed by atoms with Gasteiger partial charge in [-0.1, -0.05) is 23.7 Å². The zero-order chi connectivity index (χ0) is 20.6. The minimum Gasteiger partial charge on any atom is -0.494 e. The van der Waals surface area contributed by atoms with Crippen molar-refractivity contribution in [2.24, 2.45) is 0 Å². The van der Waals surface area contributed by atoms with Crippen molar-refractivity contribution in [3.8, 4) is 5.75 Å². The maximum atomic E-state index is 12.4. The Balaban J connectivity index is 1.48. The molecule has 0 aliphatic carbocycles. The van der Waals surface area contributed by atoms with E-state index >= 15 is 0 Å². The molecule has 0 saturated carbocycles. The largest absolute Gasteiger partial charge is 0.494 e. The van der Waals surface area contributed by atoms with Gasteiger partial charge in [0.25, 0.3) is 5.91 Å². The Bertz CT molecular complexity index is 967. The van der Waals surface area contributed by atoms with Gasteiger partial charge in [-0.3, -0.25) is 9.00 Å². The molecule has 3 rings (SSSR count). The van der Waals surface area contributed by atoms with Crippen LogP contribution in [0.4, 0.5) is 0 Å². The van der Waals surface area contributed by atoms with E-state index in [0.29, 0.717) is 35.3 Å². The zero-order valence-electron chi connectivity index (χ0n) is 16.0. The molecule has 1 unspecified atom stereocenters. The van der Waals surface area contributed by atoms with Crippen LogP contribution < -0.4 is 10.1 Å². The molecule has 5 nitrogen and oxygen atoms in total. The number of hydrogen-bond donors (Lipinski definition) is 1. The van der Waals surface area contributed by atoms with Gasteiger partial charge in [-0.15, -0.1) is 0 Å². The van der Waals surface area contributed by atoms with Gasteiger partial charge >= 0.3 is 0 Å². The first-order valence-corrected chi connectivity index (χ1v) is 11.0. The molecule has 152 valence electrons. The van der Waals surface area contributed by atoms with Crippen LogP contribution in [0.15, 0.2) is 70.0 Å². The Labute approximate surface area is 177 Å². The lowest BCUT2D eigenvalue weighted by Gasteiger charge is -2.06. The zero-order valence-corrected chi connectivity index (χ0v) is 17.6. The fourth-order valence-corrected chi connectivity index (χ4v) is 3.85. The third kappa shape index (κ3) is 6.21. The molecule has 0 aliphatic rings. The molecule has 1 aromatic heterocycles. The normalized spacial score (nSPS) is 11.8. The van der Waals surface area contributed by atoms with Crippen molar-refractivity contribution in [3.05, 3.63) is 82.8 Å². The Morgan fingerprint density at radius 3 is 2.48 bits per heavy atom. The Morgan fingerprint density at radius 2 is 1.79 bits per heavy atom. The lowest BCUT2D eigenvalue weighted by Crippen LogP contribution is -2.25. The number of furan rings is 1. The van der Waals surface area contributed by atoms with E-state index in [1.165, 1.54) is 0 Å². The molecule has 0 radical (unpaired) electrons. The first-order valence-electron chi connectivity index (χ1n) is 9.27. The standard InChI is InChI=1S/C22H22ClNO4S/c1-2-27-18-7-3-16(4-8-18)13-14-24-22(25)21-12-9-19(28-21)15-29(26)20-10-5-17(23)6-11-20/h3-12H,2,13-15H2,1H3,(H,24,25). The Hall–Kier alpha value is -2.57. The van der Waals surface area contributed by atoms with Crippen LogP contribution in [-0.4, -0.2) is 23.3 Å². The van der Waals surface area contributed by atoms with Crippen LogP contribution in [0.1, 0.15) is 28.8 Å². The summed E-state index contributed by atoms with van der Waals surface area (Å²) in [6.45, 7) is 3.06. The first kappa shape index (κ1) is 21.1. The quantitative estimate of drug-likeness (QED) is 0.537. The van der Waals surface area contributed by atoms with Crippen LogP contribution >= 0.6 is 11.6 Å². The molecule has 2 aromatic carbocycles. The fraction of sp³-hybridized carbons (Fsp3) is 0.227. The molecule has 7 heteroatoms. The average molecular weight is 432 g/mol. The van der Waals surface area contributed by atoms with Crippen LogP contribution in [-0.2, 0) is 23.0 Å². The van der Waals surface area contributed by atoms with Crippen molar-refractivity contribution < 1.29 is 18.2 Å². The molecule has 3 aromatic rings. The topological polar surface area (TPSA) is 68.5 Å². The smallest absolute Gasteiger partial charge is 0.287 e. The summed E-state index contributed by atoms with van der Waals surface area (Å²) < 4.78 is 23.4. The van der Waals surface area contributed by atoms with Gasteiger partial charge in [0.05, 0.1) is 23.2 Å². The van der Waals surface area contributed by atoms with E-state index in [1.54, 1.807) is 36.4 Å². The molecule has 1 amide bonds. The Morgan fingerprint density at radius 1 is 1.07 bits per heavy atom. The van der Waals surface area contributed by atoms with Crippen molar-refractivity contribution in [1.82, 2.24) is 5.32 Å². The molecule has 1 heterocycles. The maximum absolute atomic E-state index is 12.4. The average Bonchev–Trinajstić information content (AvgIpc) is 3.18. The van der Waals surface area contributed by atoms with Crippen LogP contribution in [0.5, 0.6) is 5.75 Å². The molecule has 1 N–H and O–H groups in total. The van der Waals surface area contributed by atoms with E-state index < -0.39 is 10.8 Å². The predicted octanol–water partition coefficient (Wildman–Crippen LogP) is 4.61. The van der Waals surface area contributed by atoms with E-state index in [0.717, 1.165) is 11.3 Å². The number of carbonyl (C=O) groups excluding carboxylic acids is 1. The number of ether oxygens (including phenoxy) is 1. The fourth-order valence-electron chi connectivity index (χ4n) is 2.70. The summed E-state index contributed by atoms with van der Waals surface area (Å²) in [6, 6.07) is 17.9. The highest BCUT2D eigenvalue weighted by atomic mass is 35.5. The monoisotopic (exact) mass is 431 g/mol. The summed E-state index contributed by atoms with van der Waals surface area (Å²) in [5.74, 6) is 1.44. The summed E-state index contributed by atoms with van der Waals surface area (Å²) in [5.41, 5.74) is 1.10. The van der Waals surface area contributed by atoms with Crippen molar-refractivity contribution >= 4 is 28.3 Å². The third-order valence-corrected chi connectivity index (χ3v) is 5.77. The van der Waals surface area contributed by atoms with Gasteiger partial charge in [-0.05, 0) is 67.4 Å². The molecule has 0 spiro atoms. The van der Waals surface area contributed by atoms with Crippen molar-refractivity contribution in [3.63, 3.8) is 0 Å². The van der Waals surface area contributed by atoms with E-state index in [2.05, 4.69) is 5.32 Å². The van der Waals surface area contributed by atoms with Crippen molar-refractivity contribution in [1.29, 1.82) is 0 Å². The minimum atomic E-state index is -1.27. The van der Waals surface area contributed by atoms with Gasteiger partial charge in [0.15, 0.2) is 5.76 Å². The van der Waals surface area contributed by atoms with Gasteiger partial charge in [-0.2, -0.15) is 0 Å². The number of hydrogen-bond acceptors (Lipinski definition) is 4. The number of halogens is 1. The van der Waals surface area contributed by atoms with E-state index in [1.807, 2.05) is 31.2 Å². The maximum Gasteiger partial charge on any atom is 0.287 e. The number of amides is 1. The van der Waals surface area contributed by atoms with Gasteiger partial charge in [0.1, 0.15) is 11.5 Å². The molecule has 0 fully saturated rings. The summed E-state index contributed by atoms with van der Waals surface area (Å²) in [4.78, 5) is 12.9. The Kier molecular flexibility index (Phi) is 7.49. The molecular formula is C22H22ClNO4S. The second-order valence-electron chi connectivity index (χ2n) is 6.29. The third-order valence-electron chi connectivity index (χ3n) is 4.17. The van der Waals surface area contributed by atoms with Crippen LogP contribution in [0, 0.1) is 0 Å². The van der Waals surface area contributed by atoms with Gasteiger partial charge in [0.2, 0.25) is 0 Å². The molecule has 29 heavy (non-hydrogen) atoms. The number of nitrogens with one attached hydrogen (secondary N) is 1. The number of carbonyl (C=O) groups is 1. The summed E-state index contributed by atoms with van der Waals surface area (Å²) in [5, 5.41) is 3.43. The highest BCUT2D eigenvalue weighted by molar-refractivity contribution is 7.84. The van der Waals surface area contributed by atoms with Gasteiger partial charge < -0.3 is 14.5 Å². The van der Waals surface area contributed by atoms with E-state index in [9.17, 15) is 9.00 Å². The van der Waals surface area contributed by atoms with E-state index in [4.69, 9.17) is 20.8 Å². The lowest BCUT2D eigenvalue weighted by atomic mass is 10.1. The van der Waals surface area contributed by atoms with Crippen molar-refractivity contribution in [2.45, 2.75) is 24.0 Å². The summed E-state index contributed by atoms with van der Waals surface area (Å²) in [7, 11) is -1.27. The highest BCUT2D eigenvalue weighted by Crippen LogP contribution is 2.17. The second-order valence-corrected chi connectivity index (χ2v) is 8.18. The number of rotatable bonds is 9. The number of benzene rings is 2. The van der Waals surface area contributed by atoms with Gasteiger partial charge in [0, 0.05) is 16.5 Å². The second kappa shape index (κ2) is 10.3. The SMILES string of the molecule is CCOc1ccc(CCNC(=O)c2ccc(CS(=O)c3ccc(Cl)cc3)o2)cc1. The van der Waals surface area contributed by atoms with E-state index in [-0.39, 0.29) is 17.4 Å². The summed E-state index contributed by atoms with van der Waals surface area (Å²) in [6.07, 6.45) is 0.701. The van der Waals surface area contributed by atoms with Crippen LogP contribution in [0.25, 0.3) is 0 Å². The highest BCUT2D eigenvalue weighted by Gasteiger charge is 2.13. The van der Waals surface area contributed by atoms with Gasteiger partial charge in [-0.25, -0.2) is 0 Å². The molecule has 0 bridgehead atoms. The predicted molar refractivity (Wildman–Crippen MR) is 114 cm³/mol. The van der Waals surface area contributed by atoms with Crippen molar-refractivity contribution in [2.75, 3.05) is 13.2 Å². The molecule has 1 atom stereocenters. The summed E-state index contributed by atoms with van der Waals surface area (Å²) >= 11 is 5.85. The molecular weight excluding hydrogens is 410 g/mol. The molecule has 0 aliphatic heterocycles. The minimum absolute atomic E-state index is 0.196. The van der Waals surface area contributed by atoms with Crippen LogP contribution in [0.2, 0.25) is 5.02 Å². The first-order chi connectivity index (χ1) is 14.0.